The molecule has 2 N–H and O–H groups in total. The first-order chi connectivity index (χ1) is 11.2. The van der Waals surface area contributed by atoms with Gasteiger partial charge in [0.2, 0.25) is 0 Å². The van der Waals surface area contributed by atoms with Crippen LogP contribution in [-0.4, -0.2) is 36.9 Å². The Morgan fingerprint density at radius 1 is 1.13 bits per heavy atom. The number of rotatable bonds is 5. The molecule has 0 amide bonds. The maximum absolute atomic E-state index is 10.1. The number of aliphatic hydroxyl groups is 1. The number of nitrogens with zero attached hydrogens (tertiary/aromatic N) is 1. The zero-order chi connectivity index (χ0) is 16.1. The van der Waals surface area contributed by atoms with Gasteiger partial charge < -0.3 is 15.3 Å². The van der Waals surface area contributed by atoms with E-state index in [1.54, 1.807) is 0 Å². The third-order valence-electron chi connectivity index (χ3n) is 5.71. The Labute approximate surface area is 141 Å². The summed E-state index contributed by atoms with van der Waals surface area (Å²) >= 11 is 0. The van der Waals surface area contributed by atoms with Crippen LogP contribution >= 0.6 is 0 Å². The third kappa shape index (κ3) is 4.71. The van der Waals surface area contributed by atoms with E-state index >= 15 is 0 Å². The summed E-state index contributed by atoms with van der Waals surface area (Å²) in [6.07, 6.45) is 7.87. The molecule has 0 radical (unpaired) electrons. The van der Waals surface area contributed by atoms with Crippen LogP contribution in [0.5, 0.6) is 0 Å². The molecule has 3 nitrogen and oxygen atoms in total. The lowest BCUT2D eigenvalue weighted by molar-refractivity contribution is 0.105. The van der Waals surface area contributed by atoms with E-state index in [-0.39, 0.29) is 6.10 Å². The van der Waals surface area contributed by atoms with Crippen LogP contribution in [0.1, 0.15) is 45.4 Å². The van der Waals surface area contributed by atoms with E-state index in [1.165, 1.54) is 37.8 Å². The first-order valence-electron chi connectivity index (χ1n) is 9.44. The van der Waals surface area contributed by atoms with Crippen LogP contribution < -0.4 is 10.2 Å². The normalized spacial score (nSPS) is 27.8. The van der Waals surface area contributed by atoms with Crippen LogP contribution in [0.4, 0.5) is 5.69 Å². The predicted octanol–water partition coefficient (Wildman–Crippen LogP) is 3.43. The van der Waals surface area contributed by atoms with Crippen LogP contribution in [-0.2, 0) is 0 Å². The molecule has 0 bridgehead atoms. The molecule has 128 valence electrons. The van der Waals surface area contributed by atoms with E-state index in [2.05, 4.69) is 40.5 Å². The standard InChI is InChI=1S/C20H32N2O/c1-16(23)18-12-19(21-13-17-8-4-2-5-9-17)15-22(14-18)20-10-6-3-7-11-20/h3,6-7,10-11,16-19,21,23H,2,4-5,8-9,12-15H2,1H3. The highest BCUT2D eigenvalue weighted by Crippen LogP contribution is 2.27. The molecule has 23 heavy (non-hydrogen) atoms. The van der Waals surface area contributed by atoms with Gasteiger partial charge in [0.25, 0.3) is 0 Å². The average Bonchev–Trinajstić information content (AvgIpc) is 2.61. The molecule has 1 saturated carbocycles. The molecule has 3 heteroatoms. The Bertz CT molecular complexity index is 456. The van der Waals surface area contributed by atoms with Crippen molar-refractivity contribution in [3.63, 3.8) is 0 Å². The average molecular weight is 316 g/mol. The van der Waals surface area contributed by atoms with Gasteiger partial charge in [-0.05, 0) is 50.8 Å². The first-order valence-corrected chi connectivity index (χ1v) is 9.44. The largest absolute Gasteiger partial charge is 0.393 e. The van der Waals surface area contributed by atoms with E-state index in [0.717, 1.165) is 32.0 Å². The molecule has 3 atom stereocenters. The van der Waals surface area contributed by atoms with E-state index in [1.807, 2.05) is 6.92 Å². The molecule has 1 aromatic rings. The smallest absolute Gasteiger partial charge is 0.0557 e. The van der Waals surface area contributed by atoms with Crippen LogP contribution in [0.25, 0.3) is 0 Å². The van der Waals surface area contributed by atoms with Gasteiger partial charge in [0.05, 0.1) is 6.10 Å². The van der Waals surface area contributed by atoms with E-state index in [9.17, 15) is 5.11 Å². The summed E-state index contributed by atoms with van der Waals surface area (Å²) in [5.41, 5.74) is 1.28. The quantitative estimate of drug-likeness (QED) is 0.873. The van der Waals surface area contributed by atoms with Crippen molar-refractivity contribution in [3.05, 3.63) is 30.3 Å². The Kier molecular flexibility index (Phi) is 5.96. The number of para-hydroxylation sites is 1. The molecular weight excluding hydrogens is 284 g/mol. The van der Waals surface area contributed by atoms with Crippen LogP contribution in [0.3, 0.4) is 0 Å². The second-order valence-electron chi connectivity index (χ2n) is 7.59. The lowest BCUT2D eigenvalue weighted by atomic mass is 9.87. The van der Waals surface area contributed by atoms with E-state index in [0.29, 0.717) is 12.0 Å². The summed E-state index contributed by atoms with van der Waals surface area (Å²) in [5.74, 6) is 1.22. The highest BCUT2D eigenvalue weighted by molar-refractivity contribution is 5.46. The third-order valence-corrected chi connectivity index (χ3v) is 5.71. The summed E-state index contributed by atoms with van der Waals surface area (Å²) in [4.78, 5) is 2.44. The van der Waals surface area contributed by atoms with Gasteiger partial charge in [0.15, 0.2) is 0 Å². The molecule has 1 aliphatic heterocycles. The van der Waals surface area contributed by atoms with Crippen LogP contribution in [0.2, 0.25) is 0 Å². The second-order valence-corrected chi connectivity index (χ2v) is 7.59. The molecule has 3 unspecified atom stereocenters. The van der Waals surface area contributed by atoms with Crippen molar-refractivity contribution in [3.8, 4) is 0 Å². The molecule has 3 rings (SSSR count). The van der Waals surface area contributed by atoms with Gasteiger partial charge in [-0.3, -0.25) is 0 Å². The van der Waals surface area contributed by atoms with E-state index in [4.69, 9.17) is 0 Å². The number of nitrogens with one attached hydrogen (secondary N) is 1. The molecule has 1 aliphatic carbocycles. The Balaban J connectivity index is 1.59. The zero-order valence-corrected chi connectivity index (χ0v) is 14.5. The monoisotopic (exact) mass is 316 g/mol. The van der Waals surface area contributed by atoms with Gasteiger partial charge in [-0.1, -0.05) is 37.5 Å². The molecule has 1 heterocycles. The molecule has 1 aromatic carbocycles. The maximum atomic E-state index is 10.1. The van der Waals surface area contributed by atoms with Gasteiger partial charge in [-0.25, -0.2) is 0 Å². The maximum Gasteiger partial charge on any atom is 0.0557 e. The number of hydrogen-bond acceptors (Lipinski definition) is 3. The van der Waals surface area contributed by atoms with Crippen molar-refractivity contribution in [1.29, 1.82) is 0 Å². The summed E-state index contributed by atoms with van der Waals surface area (Å²) in [5, 5.41) is 13.9. The minimum Gasteiger partial charge on any atom is -0.393 e. The van der Waals surface area contributed by atoms with Crippen molar-refractivity contribution in [2.75, 3.05) is 24.5 Å². The topological polar surface area (TPSA) is 35.5 Å². The minimum absolute atomic E-state index is 0.236. The number of hydrogen-bond donors (Lipinski definition) is 2. The van der Waals surface area contributed by atoms with Crippen molar-refractivity contribution in [1.82, 2.24) is 5.32 Å². The summed E-state index contributed by atoms with van der Waals surface area (Å²) < 4.78 is 0. The van der Waals surface area contributed by atoms with Gasteiger partial charge in [-0.2, -0.15) is 0 Å². The highest BCUT2D eigenvalue weighted by atomic mass is 16.3. The zero-order valence-electron chi connectivity index (χ0n) is 14.5. The minimum atomic E-state index is -0.236. The molecular formula is C20H32N2O. The fourth-order valence-corrected chi connectivity index (χ4v) is 4.21. The lowest BCUT2D eigenvalue weighted by Gasteiger charge is -2.41. The summed E-state index contributed by atoms with van der Waals surface area (Å²) in [6, 6.07) is 11.1. The van der Waals surface area contributed by atoms with Crippen molar-refractivity contribution in [2.45, 2.75) is 57.6 Å². The number of piperidine rings is 1. The van der Waals surface area contributed by atoms with Crippen molar-refractivity contribution >= 4 is 5.69 Å². The summed E-state index contributed by atoms with van der Waals surface area (Å²) in [6.45, 7) is 5.11. The Hall–Kier alpha value is -1.06. The lowest BCUT2D eigenvalue weighted by Crippen LogP contribution is -2.52. The first kappa shape index (κ1) is 16.8. The summed E-state index contributed by atoms with van der Waals surface area (Å²) in [7, 11) is 0. The molecule has 0 spiro atoms. The number of anilines is 1. The predicted molar refractivity (Wildman–Crippen MR) is 96.8 cm³/mol. The fraction of sp³-hybridized carbons (Fsp3) is 0.700. The second kappa shape index (κ2) is 8.16. The van der Waals surface area contributed by atoms with Gasteiger partial charge in [-0.15, -0.1) is 0 Å². The van der Waals surface area contributed by atoms with Gasteiger partial charge >= 0.3 is 0 Å². The van der Waals surface area contributed by atoms with Crippen LogP contribution in [0, 0.1) is 11.8 Å². The van der Waals surface area contributed by atoms with Crippen LogP contribution in [0.15, 0.2) is 30.3 Å². The van der Waals surface area contributed by atoms with E-state index < -0.39 is 0 Å². The SMILES string of the molecule is CC(O)C1CC(NCC2CCCCC2)CN(c2ccccc2)C1. The Morgan fingerprint density at radius 2 is 1.87 bits per heavy atom. The fourth-order valence-electron chi connectivity index (χ4n) is 4.21. The Morgan fingerprint density at radius 3 is 2.57 bits per heavy atom. The van der Waals surface area contributed by atoms with Crippen molar-refractivity contribution < 1.29 is 5.11 Å². The van der Waals surface area contributed by atoms with Gasteiger partial charge in [0, 0.05) is 30.7 Å². The van der Waals surface area contributed by atoms with Crippen molar-refractivity contribution in [2.24, 2.45) is 11.8 Å². The molecule has 0 aromatic heterocycles. The number of aliphatic hydroxyl groups excluding tert-OH is 1. The number of benzene rings is 1. The molecule has 2 aliphatic rings. The molecule has 1 saturated heterocycles. The van der Waals surface area contributed by atoms with Gasteiger partial charge in [0.1, 0.15) is 0 Å². The highest BCUT2D eigenvalue weighted by Gasteiger charge is 2.30. The molecule has 2 fully saturated rings.